The van der Waals surface area contributed by atoms with Crippen LogP contribution >= 0.6 is 11.6 Å². The minimum absolute atomic E-state index is 0.0191. The van der Waals surface area contributed by atoms with Crippen LogP contribution in [0.15, 0.2) is 12.3 Å². The fourth-order valence-electron chi connectivity index (χ4n) is 10.2. The van der Waals surface area contributed by atoms with Gasteiger partial charge >= 0.3 is 6.01 Å². The molecule has 0 amide bonds. The molecule has 3 atom stereocenters. The summed E-state index contributed by atoms with van der Waals surface area (Å²) in [5.74, 6) is 0.166. The average molecular weight is 734 g/mol. The quantitative estimate of drug-likeness (QED) is 0.234. The third-order valence-electron chi connectivity index (χ3n) is 12.9. The molecule has 6 fully saturated rings. The van der Waals surface area contributed by atoms with Crippen molar-refractivity contribution in [3.8, 4) is 23.1 Å². The molecule has 3 aliphatic carbocycles. The summed E-state index contributed by atoms with van der Waals surface area (Å²) in [7, 11) is 1.52. The van der Waals surface area contributed by atoms with Crippen molar-refractivity contribution in [3.63, 3.8) is 0 Å². The number of aliphatic hydroxyl groups is 1. The SMILES string of the molecule is COc1nc(-c2c(C3CC3)c(Cl)cc3[nH]ncc23)c(F)c2nc(OCC34CCCC3N(C3CC5(COC5)C3)CCC4)nc(N3CCOCC(O)C3)c12. The Morgan fingerprint density at radius 3 is 2.73 bits per heavy atom. The molecule has 6 heterocycles. The van der Waals surface area contributed by atoms with E-state index in [4.69, 9.17) is 45.5 Å². The number of aromatic nitrogens is 5. The third-order valence-corrected chi connectivity index (χ3v) is 13.2. The number of nitrogens with zero attached hydrogens (tertiary/aromatic N) is 6. The van der Waals surface area contributed by atoms with Gasteiger partial charge in [-0.05, 0) is 75.5 Å². The number of aromatic amines is 1. The Labute approximate surface area is 306 Å². The summed E-state index contributed by atoms with van der Waals surface area (Å²) < 4.78 is 41.3. The zero-order valence-electron chi connectivity index (χ0n) is 29.5. The highest BCUT2D eigenvalue weighted by molar-refractivity contribution is 6.33. The van der Waals surface area contributed by atoms with Gasteiger partial charge in [-0.3, -0.25) is 10.00 Å². The van der Waals surface area contributed by atoms with E-state index >= 15 is 4.39 Å². The Kier molecular flexibility index (Phi) is 8.06. The minimum atomic E-state index is -0.759. The molecule has 1 aromatic carbocycles. The molecular formula is C38H45ClFN7O5. The predicted octanol–water partition coefficient (Wildman–Crippen LogP) is 5.64. The lowest BCUT2D eigenvalue weighted by molar-refractivity contribution is -0.196. The summed E-state index contributed by atoms with van der Waals surface area (Å²) in [4.78, 5) is 19.3. The number of ether oxygens (including phenoxy) is 4. The van der Waals surface area contributed by atoms with Gasteiger partial charge in [0.2, 0.25) is 5.88 Å². The monoisotopic (exact) mass is 733 g/mol. The number of benzene rings is 1. The average Bonchev–Trinajstić information content (AvgIpc) is 3.74. The standard InChI is InChI=1S/C38H45ClFN7O5/c1-49-35-30-33(31(40)32(42-35)29-24-15-41-45-26(24)12-25(39)28(29)21-5-6-21)43-36(44-34(30)46-10-11-50-17-23(48)16-46)52-20-38-7-2-4-27(38)47(9-3-8-38)22-13-37(14-22)18-51-19-37/h12,15,21-23,27,48H,2-11,13-14,16-20H2,1H3,(H,41,45). The Hall–Kier alpha value is -3.36. The van der Waals surface area contributed by atoms with Crippen LogP contribution in [0.3, 0.4) is 0 Å². The van der Waals surface area contributed by atoms with E-state index in [1.807, 2.05) is 11.0 Å². The van der Waals surface area contributed by atoms with Crippen molar-refractivity contribution in [3.05, 3.63) is 28.7 Å². The second kappa shape index (κ2) is 12.6. The number of nitrogens with one attached hydrogen (secondary N) is 1. The number of halogens is 2. The number of H-pyrrole nitrogens is 1. The molecule has 3 aliphatic heterocycles. The van der Waals surface area contributed by atoms with Crippen LogP contribution in [-0.2, 0) is 9.47 Å². The lowest BCUT2D eigenvalue weighted by Gasteiger charge is -2.60. The lowest BCUT2D eigenvalue weighted by Crippen LogP contribution is -2.64. The zero-order chi connectivity index (χ0) is 35.2. The smallest absolute Gasteiger partial charge is 0.319 e. The third kappa shape index (κ3) is 5.36. The maximum Gasteiger partial charge on any atom is 0.319 e. The van der Waals surface area contributed by atoms with Gasteiger partial charge in [0, 0.05) is 52.0 Å². The normalized spacial score (nSPS) is 27.8. The molecule has 52 heavy (non-hydrogen) atoms. The summed E-state index contributed by atoms with van der Waals surface area (Å²) in [6, 6.07) is 3.00. The molecule has 0 radical (unpaired) electrons. The van der Waals surface area contributed by atoms with Crippen LogP contribution in [-0.4, -0.2) is 113 Å². The molecule has 12 nitrogen and oxygen atoms in total. The van der Waals surface area contributed by atoms with Crippen LogP contribution in [0.1, 0.15) is 69.3 Å². The van der Waals surface area contributed by atoms with Crippen molar-refractivity contribution in [1.82, 2.24) is 30.0 Å². The van der Waals surface area contributed by atoms with Gasteiger partial charge < -0.3 is 29.0 Å². The Bertz CT molecular complexity index is 2030. The van der Waals surface area contributed by atoms with E-state index in [2.05, 4.69) is 15.1 Å². The first-order valence-electron chi connectivity index (χ1n) is 18.9. The first-order chi connectivity index (χ1) is 25.4. The van der Waals surface area contributed by atoms with Gasteiger partial charge in [-0.25, -0.2) is 9.37 Å². The van der Waals surface area contributed by atoms with Gasteiger partial charge in [0.1, 0.15) is 22.4 Å². The van der Waals surface area contributed by atoms with Crippen molar-refractivity contribution in [2.45, 2.75) is 81.9 Å². The summed E-state index contributed by atoms with van der Waals surface area (Å²) in [6.07, 6.45) is 10.9. The number of hydrogen-bond donors (Lipinski definition) is 2. The van der Waals surface area contributed by atoms with Gasteiger partial charge in [-0.1, -0.05) is 18.0 Å². The largest absolute Gasteiger partial charge is 0.480 e. The number of methoxy groups -OCH3 is 1. The number of β-amino-alcohol motifs (C(OH)–C–C–N with tert-alkyl or cyclic N) is 1. The number of anilines is 1. The lowest BCUT2D eigenvalue weighted by atomic mass is 9.62. The highest BCUT2D eigenvalue weighted by Crippen LogP contribution is 2.55. The molecule has 276 valence electrons. The Morgan fingerprint density at radius 2 is 1.94 bits per heavy atom. The molecule has 2 N–H and O–H groups in total. The maximum atomic E-state index is 17.4. The van der Waals surface area contributed by atoms with E-state index in [0.717, 1.165) is 75.7 Å². The number of hydrogen-bond acceptors (Lipinski definition) is 11. The van der Waals surface area contributed by atoms with Crippen LogP contribution in [0.4, 0.5) is 10.2 Å². The highest BCUT2D eigenvalue weighted by atomic mass is 35.5. The Balaban J connectivity index is 1.07. The fraction of sp³-hybridized carbons (Fsp3) is 0.632. The number of piperidine rings is 1. The van der Waals surface area contributed by atoms with E-state index in [1.165, 1.54) is 20.0 Å². The molecule has 1 spiro atoms. The molecule has 0 bridgehead atoms. The Morgan fingerprint density at radius 1 is 1.10 bits per heavy atom. The minimum Gasteiger partial charge on any atom is -0.480 e. The molecule has 3 unspecified atom stereocenters. The summed E-state index contributed by atoms with van der Waals surface area (Å²) in [5.41, 5.74) is 2.69. The first-order valence-corrected chi connectivity index (χ1v) is 19.3. The van der Waals surface area contributed by atoms with E-state index < -0.39 is 11.9 Å². The van der Waals surface area contributed by atoms with Crippen molar-refractivity contribution < 1.29 is 28.4 Å². The second-order valence-corrected chi connectivity index (χ2v) is 16.6. The van der Waals surface area contributed by atoms with Crippen molar-refractivity contribution in [1.29, 1.82) is 0 Å². The summed E-state index contributed by atoms with van der Waals surface area (Å²) in [5, 5.41) is 19.6. The topological polar surface area (TPSA) is 131 Å². The van der Waals surface area contributed by atoms with Gasteiger partial charge in [0.05, 0.1) is 58.0 Å². The number of aliphatic hydroxyl groups excluding tert-OH is 1. The van der Waals surface area contributed by atoms with Crippen molar-refractivity contribution in [2.24, 2.45) is 10.8 Å². The number of pyridine rings is 1. The van der Waals surface area contributed by atoms with Gasteiger partial charge in [-0.15, -0.1) is 0 Å². The number of fused-ring (bicyclic) bond motifs is 3. The molecular weight excluding hydrogens is 689 g/mol. The fourth-order valence-corrected chi connectivity index (χ4v) is 10.5. The zero-order valence-corrected chi connectivity index (χ0v) is 30.3. The van der Waals surface area contributed by atoms with Crippen LogP contribution in [0.25, 0.3) is 33.1 Å². The highest BCUT2D eigenvalue weighted by Gasteiger charge is 2.57. The predicted molar refractivity (Wildman–Crippen MR) is 193 cm³/mol. The summed E-state index contributed by atoms with van der Waals surface area (Å²) >= 11 is 6.88. The molecule has 3 saturated carbocycles. The molecule has 10 rings (SSSR count). The van der Waals surface area contributed by atoms with E-state index in [1.54, 1.807) is 6.20 Å². The number of rotatable bonds is 8. The molecule has 3 saturated heterocycles. The van der Waals surface area contributed by atoms with Gasteiger partial charge in [0.25, 0.3) is 0 Å². The molecule has 14 heteroatoms. The van der Waals surface area contributed by atoms with E-state index in [-0.39, 0.29) is 47.6 Å². The molecule has 3 aromatic heterocycles. The van der Waals surface area contributed by atoms with Crippen molar-refractivity contribution in [2.75, 3.05) is 64.7 Å². The van der Waals surface area contributed by atoms with E-state index in [9.17, 15) is 5.11 Å². The van der Waals surface area contributed by atoms with Crippen LogP contribution in [0.2, 0.25) is 5.02 Å². The van der Waals surface area contributed by atoms with Gasteiger partial charge in [-0.2, -0.15) is 15.1 Å². The second-order valence-electron chi connectivity index (χ2n) is 16.2. The van der Waals surface area contributed by atoms with E-state index in [0.29, 0.717) is 64.6 Å². The van der Waals surface area contributed by atoms with Crippen molar-refractivity contribution >= 4 is 39.2 Å². The number of likely N-dealkylation sites (tertiary alicyclic amines) is 1. The van der Waals surface area contributed by atoms with Crippen LogP contribution in [0, 0.1) is 16.6 Å². The first kappa shape index (κ1) is 33.2. The van der Waals surface area contributed by atoms with Gasteiger partial charge in [0.15, 0.2) is 5.82 Å². The maximum absolute atomic E-state index is 17.4. The molecule has 4 aromatic rings. The van der Waals surface area contributed by atoms with Crippen LogP contribution in [0.5, 0.6) is 11.9 Å². The summed E-state index contributed by atoms with van der Waals surface area (Å²) in [6.45, 7) is 4.63. The molecule has 6 aliphatic rings. The van der Waals surface area contributed by atoms with Crippen LogP contribution < -0.4 is 14.4 Å².